The minimum Gasteiger partial charge on any atom is -0.339 e. The van der Waals surface area contributed by atoms with Gasteiger partial charge in [-0.3, -0.25) is 0 Å². The number of benzene rings is 1. The molecule has 0 saturated heterocycles. The lowest BCUT2D eigenvalue weighted by molar-refractivity contribution is 1.24. The lowest BCUT2D eigenvalue weighted by atomic mass is 10.1. The summed E-state index contributed by atoms with van der Waals surface area (Å²) >= 11 is 11.8. The van der Waals surface area contributed by atoms with Gasteiger partial charge in [0.15, 0.2) is 0 Å². The Morgan fingerprint density at radius 3 is 2.67 bits per heavy atom. The molecular formula is C13H9Cl2N3. The third kappa shape index (κ3) is 2.56. The van der Waals surface area contributed by atoms with Crippen molar-refractivity contribution in [1.82, 2.24) is 4.98 Å². The van der Waals surface area contributed by atoms with Crippen molar-refractivity contribution in [3.63, 3.8) is 0 Å². The summed E-state index contributed by atoms with van der Waals surface area (Å²) in [6.07, 6.45) is 1.65. The topological polar surface area (TPSA) is 48.7 Å². The minimum atomic E-state index is 0.452. The lowest BCUT2D eigenvalue weighted by Crippen LogP contribution is -1.98. The third-order valence-electron chi connectivity index (χ3n) is 2.45. The zero-order valence-electron chi connectivity index (χ0n) is 9.54. The summed E-state index contributed by atoms with van der Waals surface area (Å²) in [5.74, 6) is 0.510. The van der Waals surface area contributed by atoms with Crippen molar-refractivity contribution in [2.75, 3.05) is 5.32 Å². The highest BCUT2D eigenvalue weighted by molar-refractivity contribution is 6.42. The van der Waals surface area contributed by atoms with Crippen LogP contribution in [0.25, 0.3) is 0 Å². The number of hydrogen-bond acceptors (Lipinski definition) is 3. The normalized spacial score (nSPS) is 9.89. The van der Waals surface area contributed by atoms with E-state index in [-0.39, 0.29) is 0 Å². The van der Waals surface area contributed by atoms with Gasteiger partial charge in [0.25, 0.3) is 0 Å². The van der Waals surface area contributed by atoms with Crippen LogP contribution in [0.15, 0.2) is 30.5 Å². The molecule has 1 N–H and O–H groups in total. The maximum absolute atomic E-state index is 9.10. The average molecular weight is 278 g/mol. The Morgan fingerprint density at radius 1 is 1.22 bits per heavy atom. The Bertz CT molecular complexity index is 633. The second-order valence-corrected chi connectivity index (χ2v) is 4.53. The predicted molar refractivity (Wildman–Crippen MR) is 73.4 cm³/mol. The number of anilines is 2. The zero-order chi connectivity index (χ0) is 13.1. The number of aromatic nitrogens is 1. The van der Waals surface area contributed by atoms with Crippen molar-refractivity contribution in [2.24, 2.45) is 0 Å². The second kappa shape index (κ2) is 5.26. The van der Waals surface area contributed by atoms with E-state index in [1.807, 2.05) is 6.92 Å². The Morgan fingerprint density at radius 2 is 2.00 bits per heavy atom. The fraction of sp³-hybridized carbons (Fsp3) is 0.0769. The van der Waals surface area contributed by atoms with Crippen LogP contribution in [0.1, 0.15) is 11.1 Å². The van der Waals surface area contributed by atoms with Crippen LogP contribution in [0.2, 0.25) is 10.0 Å². The first-order chi connectivity index (χ1) is 8.61. The van der Waals surface area contributed by atoms with E-state index in [0.29, 0.717) is 21.4 Å². The summed E-state index contributed by atoms with van der Waals surface area (Å²) in [7, 11) is 0. The summed E-state index contributed by atoms with van der Waals surface area (Å²) in [5, 5.41) is 13.1. The number of halogens is 2. The van der Waals surface area contributed by atoms with Gasteiger partial charge in [-0.25, -0.2) is 4.98 Å². The highest BCUT2D eigenvalue weighted by Crippen LogP contribution is 2.27. The van der Waals surface area contributed by atoms with Crippen LogP contribution in [0.5, 0.6) is 0 Å². The van der Waals surface area contributed by atoms with E-state index in [2.05, 4.69) is 16.4 Å². The summed E-state index contributed by atoms with van der Waals surface area (Å²) < 4.78 is 0. The first-order valence-electron chi connectivity index (χ1n) is 5.19. The molecular weight excluding hydrogens is 269 g/mol. The van der Waals surface area contributed by atoms with Crippen LogP contribution >= 0.6 is 23.2 Å². The van der Waals surface area contributed by atoms with Crippen molar-refractivity contribution in [3.05, 3.63) is 51.6 Å². The van der Waals surface area contributed by atoms with E-state index in [1.54, 1.807) is 30.5 Å². The Kier molecular flexibility index (Phi) is 3.71. The third-order valence-corrected chi connectivity index (χ3v) is 3.19. The number of hydrogen-bond donors (Lipinski definition) is 1. The van der Waals surface area contributed by atoms with Gasteiger partial charge in [-0.1, -0.05) is 23.2 Å². The molecule has 0 atom stereocenters. The molecule has 2 rings (SSSR count). The summed E-state index contributed by atoms with van der Waals surface area (Å²) in [4.78, 5) is 4.15. The highest BCUT2D eigenvalue weighted by Gasteiger charge is 2.07. The molecule has 90 valence electrons. The van der Waals surface area contributed by atoms with E-state index >= 15 is 0 Å². The lowest BCUT2D eigenvalue weighted by Gasteiger charge is -2.09. The maximum atomic E-state index is 9.10. The fourth-order valence-corrected chi connectivity index (χ4v) is 1.80. The molecule has 0 radical (unpaired) electrons. The smallest absolute Gasteiger partial charge is 0.148 e. The Balaban J connectivity index is 2.37. The van der Waals surface area contributed by atoms with Crippen LogP contribution < -0.4 is 5.32 Å². The van der Waals surface area contributed by atoms with E-state index in [0.717, 1.165) is 11.3 Å². The van der Waals surface area contributed by atoms with Gasteiger partial charge in [-0.2, -0.15) is 5.26 Å². The first-order valence-corrected chi connectivity index (χ1v) is 5.95. The minimum absolute atomic E-state index is 0.452. The number of nitrogens with zero attached hydrogens (tertiary/aromatic N) is 2. The number of nitriles is 1. The van der Waals surface area contributed by atoms with Gasteiger partial charge in [-0.15, -0.1) is 0 Å². The SMILES string of the molecule is Cc1ccnc(Nc2ccc(Cl)c(Cl)c2)c1C#N. The molecule has 1 aromatic carbocycles. The summed E-state index contributed by atoms with van der Waals surface area (Å²) in [5.41, 5.74) is 2.12. The van der Waals surface area contributed by atoms with Gasteiger partial charge in [-0.05, 0) is 36.8 Å². The standard InChI is InChI=1S/C13H9Cl2N3/c1-8-4-5-17-13(10(8)7-16)18-9-2-3-11(14)12(15)6-9/h2-6H,1H3,(H,17,18). The van der Waals surface area contributed by atoms with E-state index in [4.69, 9.17) is 28.5 Å². The monoisotopic (exact) mass is 277 g/mol. The van der Waals surface area contributed by atoms with Crippen molar-refractivity contribution >= 4 is 34.7 Å². The molecule has 1 heterocycles. The average Bonchev–Trinajstić information content (AvgIpc) is 2.34. The molecule has 0 unspecified atom stereocenters. The quantitative estimate of drug-likeness (QED) is 0.890. The summed E-state index contributed by atoms with van der Waals surface area (Å²) in [6.45, 7) is 1.86. The van der Waals surface area contributed by atoms with Gasteiger partial charge in [0.1, 0.15) is 11.9 Å². The molecule has 0 saturated carbocycles. The Labute approximate surface area is 115 Å². The molecule has 0 spiro atoms. The molecule has 3 nitrogen and oxygen atoms in total. The maximum Gasteiger partial charge on any atom is 0.148 e. The van der Waals surface area contributed by atoms with Crippen molar-refractivity contribution in [1.29, 1.82) is 5.26 Å². The predicted octanol–water partition coefficient (Wildman–Crippen LogP) is 4.31. The van der Waals surface area contributed by atoms with Gasteiger partial charge in [0, 0.05) is 11.9 Å². The molecule has 0 aliphatic carbocycles. The number of pyridine rings is 1. The van der Waals surface area contributed by atoms with E-state index in [9.17, 15) is 0 Å². The molecule has 18 heavy (non-hydrogen) atoms. The van der Waals surface area contributed by atoms with Crippen molar-refractivity contribution in [2.45, 2.75) is 6.92 Å². The van der Waals surface area contributed by atoms with E-state index < -0.39 is 0 Å². The zero-order valence-corrected chi connectivity index (χ0v) is 11.0. The Hall–Kier alpha value is -1.76. The molecule has 1 aromatic heterocycles. The number of aryl methyl sites for hydroxylation is 1. The molecule has 0 aliphatic rings. The highest BCUT2D eigenvalue weighted by atomic mass is 35.5. The largest absolute Gasteiger partial charge is 0.339 e. The first kappa shape index (κ1) is 12.7. The van der Waals surface area contributed by atoms with Gasteiger partial charge in [0.2, 0.25) is 0 Å². The van der Waals surface area contributed by atoms with Gasteiger partial charge >= 0.3 is 0 Å². The van der Waals surface area contributed by atoms with Crippen molar-refractivity contribution < 1.29 is 0 Å². The molecule has 0 aliphatic heterocycles. The van der Waals surface area contributed by atoms with Crippen molar-refractivity contribution in [3.8, 4) is 6.07 Å². The molecule has 0 fully saturated rings. The van der Waals surface area contributed by atoms with Crippen LogP contribution in [0.4, 0.5) is 11.5 Å². The number of nitrogens with one attached hydrogen (secondary N) is 1. The molecule has 0 bridgehead atoms. The molecule has 2 aromatic rings. The summed E-state index contributed by atoms with van der Waals surface area (Å²) in [6, 6.07) is 9.07. The molecule has 0 amide bonds. The van der Waals surface area contributed by atoms with Crippen LogP contribution in [-0.2, 0) is 0 Å². The van der Waals surface area contributed by atoms with Gasteiger partial charge in [0.05, 0.1) is 15.6 Å². The van der Waals surface area contributed by atoms with Crippen LogP contribution in [0.3, 0.4) is 0 Å². The van der Waals surface area contributed by atoms with Crippen LogP contribution in [-0.4, -0.2) is 4.98 Å². The second-order valence-electron chi connectivity index (χ2n) is 3.72. The van der Waals surface area contributed by atoms with Gasteiger partial charge < -0.3 is 5.32 Å². The van der Waals surface area contributed by atoms with E-state index in [1.165, 1.54) is 0 Å². The fourth-order valence-electron chi connectivity index (χ4n) is 1.50. The molecule has 5 heteroatoms. The van der Waals surface area contributed by atoms with Crippen LogP contribution in [0, 0.1) is 18.3 Å². The number of rotatable bonds is 2.